The van der Waals surface area contributed by atoms with Crippen LogP contribution < -0.4 is 0 Å². The molecule has 0 bridgehead atoms. The van der Waals surface area contributed by atoms with Crippen LogP contribution in [0.15, 0.2) is 155 Å². The Hall–Kier alpha value is -3.94. The number of aliphatic hydroxyl groups is 10. The zero-order chi connectivity index (χ0) is 57.6. The lowest BCUT2D eigenvalue weighted by atomic mass is 9.83. The molecule has 0 aliphatic carbocycles. The van der Waals surface area contributed by atoms with Gasteiger partial charge in [0.2, 0.25) is 0 Å². The van der Waals surface area contributed by atoms with Crippen LogP contribution in [-0.4, -0.2) is 148 Å². The summed E-state index contributed by atoms with van der Waals surface area (Å²) in [5.41, 5.74) is 2.67. The Kier molecular flexibility index (Phi) is 28.9. The first kappa shape index (κ1) is 68.2. The van der Waals surface area contributed by atoms with Gasteiger partial charge >= 0.3 is 0 Å². The summed E-state index contributed by atoms with van der Waals surface area (Å²) >= 11 is 0. The Morgan fingerprint density at radius 2 is 0.671 bits per heavy atom. The molecule has 0 aromatic carbocycles. The molecule has 14 heteroatoms. The molecular formula is C62H96O14. The van der Waals surface area contributed by atoms with Gasteiger partial charge in [-0.05, 0) is 123 Å². The lowest BCUT2D eigenvalue weighted by molar-refractivity contribution is -0.324. The van der Waals surface area contributed by atoms with E-state index in [1.54, 1.807) is 27.7 Å². The predicted octanol–water partition coefficient (Wildman–Crippen LogP) is 8.08. The molecular weight excluding hydrogens is 969 g/mol. The fourth-order valence-electron chi connectivity index (χ4n) is 8.14. The third kappa shape index (κ3) is 25.2. The van der Waals surface area contributed by atoms with Crippen LogP contribution in [0.2, 0.25) is 0 Å². The lowest BCUT2D eigenvalue weighted by Crippen LogP contribution is -2.60. The number of hydrogen-bond donors (Lipinski definition) is 10. The average Bonchev–Trinajstić information content (AvgIpc) is 3.32. The molecule has 2 rings (SSSR count). The maximum atomic E-state index is 11.0. The van der Waals surface area contributed by atoms with Crippen LogP contribution >= 0.6 is 0 Å². The fourth-order valence-corrected chi connectivity index (χ4v) is 8.14. The summed E-state index contributed by atoms with van der Waals surface area (Å²) in [6, 6.07) is 0. The van der Waals surface area contributed by atoms with Crippen LogP contribution in [0.5, 0.6) is 0 Å². The molecule has 10 N–H and O–H groups in total. The topological polar surface area (TPSA) is 239 Å². The number of hydrogen-bond acceptors (Lipinski definition) is 14. The van der Waals surface area contributed by atoms with E-state index in [9.17, 15) is 51.1 Å². The van der Waals surface area contributed by atoms with Gasteiger partial charge in [0.1, 0.15) is 48.8 Å². The Bertz CT molecular complexity index is 2030. The molecule has 0 amide bonds. The minimum atomic E-state index is -1.52. The summed E-state index contributed by atoms with van der Waals surface area (Å²) in [5, 5.41) is 102. The number of aliphatic hydroxyl groups excluding tert-OH is 8. The SMILES string of the molecule is CC(/C=C/C=C(C)/C=C/C=C(C)/C=C/[C@H](CCC(C)(C)O[C@@H]1O[C@H](CO)[C@@H](O)[C@H](O)[C@H]1O)C(C)(C)O)=C\C=C\C=C(C)\C=C\C=C(C)\C=C\C=C(C)\C=C\[C@H](CCC(C)(C)O[C@@H]1O[C@H](CO)[C@@H](O)[C@H](O)[C@H]1O)C(C)(C)O. The van der Waals surface area contributed by atoms with E-state index in [0.717, 1.165) is 33.4 Å². The van der Waals surface area contributed by atoms with Crippen LogP contribution in [0.1, 0.15) is 123 Å². The zero-order valence-electron chi connectivity index (χ0n) is 47.8. The van der Waals surface area contributed by atoms with Gasteiger partial charge in [0.15, 0.2) is 12.6 Å². The van der Waals surface area contributed by atoms with Gasteiger partial charge in [-0.2, -0.15) is 0 Å². The summed E-state index contributed by atoms with van der Waals surface area (Å²) in [4.78, 5) is 0. The van der Waals surface area contributed by atoms with Crippen LogP contribution in [0, 0.1) is 11.8 Å². The summed E-state index contributed by atoms with van der Waals surface area (Å²) in [6.07, 6.45) is 28.9. The van der Waals surface area contributed by atoms with E-state index >= 15 is 0 Å². The molecule has 0 aromatic rings. The lowest BCUT2D eigenvalue weighted by Gasteiger charge is -2.43. The molecule has 0 spiro atoms. The van der Waals surface area contributed by atoms with Crippen LogP contribution in [-0.2, 0) is 18.9 Å². The van der Waals surface area contributed by atoms with Crippen molar-refractivity contribution in [3.05, 3.63) is 155 Å². The highest BCUT2D eigenvalue weighted by Gasteiger charge is 2.47. The normalized spacial score (nSPS) is 28.1. The Balaban J connectivity index is 1.89. The highest BCUT2D eigenvalue weighted by molar-refractivity contribution is 5.34. The van der Waals surface area contributed by atoms with Crippen LogP contribution in [0.25, 0.3) is 0 Å². The first-order valence-electron chi connectivity index (χ1n) is 26.5. The largest absolute Gasteiger partial charge is 0.394 e. The van der Waals surface area contributed by atoms with Gasteiger partial charge in [-0.25, -0.2) is 0 Å². The van der Waals surface area contributed by atoms with Crippen molar-refractivity contribution in [3.63, 3.8) is 0 Å². The monoisotopic (exact) mass is 1060 g/mol. The molecule has 2 fully saturated rings. The van der Waals surface area contributed by atoms with Crippen molar-refractivity contribution >= 4 is 0 Å². The molecule has 0 unspecified atom stereocenters. The third-order valence-corrected chi connectivity index (χ3v) is 13.4. The second-order valence-corrected chi connectivity index (χ2v) is 22.8. The molecule has 428 valence electrons. The van der Waals surface area contributed by atoms with Gasteiger partial charge < -0.3 is 70.0 Å². The third-order valence-electron chi connectivity index (χ3n) is 13.4. The van der Waals surface area contributed by atoms with Crippen molar-refractivity contribution in [2.75, 3.05) is 13.2 Å². The standard InChI is InChI=1S/C62H96O14/c1-41(23-17-25-43(3)27-19-29-45(5)31-33-47(61(11,12)71)35-37-59(7,8)75-57-55(69)53(67)51(65)49(39-63)73-57)21-15-16-22-42(2)24-18-26-44(4)28-20-30-46(6)32-34-48(62(13,14)72)36-38-60(9,10)76-58-56(70)54(68)52(66)50(40-64)74-58/h15-34,47-58,63-72H,35-40H2,1-14H3/b16-15+,23-17+,24-18+,27-19+,28-20+,33-31+,34-32+,41-21+,42-22+,43-25+,44-26+,45-29+,46-30+/t47-,48-,49-,50-,51-,52-,53+,54+,55-,56-,57+,58+/m1/s1. The van der Waals surface area contributed by atoms with E-state index in [1.807, 2.05) is 179 Å². The van der Waals surface area contributed by atoms with Crippen molar-refractivity contribution in [1.82, 2.24) is 0 Å². The van der Waals surface area contributed by atoms with E-state index < -0.39 is 97.0 Å². The van der Waals surface area contributed by atoms with E-state index in [4.69, 9.17) is 18.9 Å². The molecule has 2 aliphatic rings. The quantitative estimate of drug-likeness (QED) is 0.0334. The van der Waals surface area contributed by atoms with E-state index in [2.05, 4.69) is 12.2 Å². The molecule has 2 saturated heterocycles. The first-order chi connectivity index (χ1) is 35.3. The van der Waals surface area contributed by atoms with Gasteiger partial charge in [0, 0.05) is 11.8 Å². The molecule has 0 saturated carbocycles. The maximum Gasteiger partial charge on any atom is 0.187 e. The maximum absolute atomic E-state index is 11.0. The molecule has 2 aliphatic heterocycles. The van der Waals surface area contributed by atoms with E-state index in [-0.39, 0.29) is 11.8 Å². The molecule has 0 radical (unpaired) electrons. The van der Waals surface area contributed by atoms with Crippen molar-refractivity contribution < 1.29 is 70.0 Å². The second-order valence-electron chi connectivity index (χ2n) is 22.8. The van der Waals surface area contributed by atoms with Gasteiger partial charge in [0.05, 0.1) is 35.6 Å². The van der Waals surface area contributed by atoms with Crippen molar-refractivity contribution in [2.45, 2.75) is 206 Å². The summed E-state index contributed by atoms with van der Waals surface area (Å²) in [7, 11) is 0. The molecule has 2 heterocycles. The van der Waals surface area contributed by atoms with Gasteiger partial charge in [0.25, 0.3) is 0 Å². The minimum absolute atomic E-state index is 0.222. The molecule has 14 nitrogen and oxygen atoms in total. The van der Waals surface area contributed by atoms with Crippen molar-refractivity contribution in [3.8, 4) is 0 Å². The van der Waals surface area contributed by atoms with Crippen molar-refractivity contribution in [2.24, 2.45) is 11.8 Å². The Labute approximate surface area is 454 Å². The highest BCUT2D eigenvalue weighted by Crippen LogP contribution is 2.34. The van der Waals surface area contributed by atoms with Crippen LogP contribution in [0.3, 0.4) is 0 Å². The number of rotatable bonds is 28. The van der Waals surface area contributed by atoms with Crippen molar-refractivity contribution in [1.29, 1.82) is 0 Å². The summed E-state index contributed by atoms with van der Waals surface area (Å²) in [6.45, 7) is 25.4. The van der Waals surface area contributed by atoms with Crippen LogP contribution in [0.4, 0.5) is 0 Å². The van der Waals surface area contributed by atoms with E-state index in [0.29, 0.717) is 25.7 Å². The summed E-state index contributed by atoms with van der Waals surface area (Å²) in [5.74, 6) is -0.445. The fraction of sp³-hybridized carbons (Fsp3) is 0.581. The average molecular weight is 1070 g/mol. The van der Waals surface area contributed by atoms with Gasteiger partial charge in [-0.1, -0.05) is 155 Å². The number of allylic oxidation sites excluding steroid dienone is 24. The summed E-state index contributed by atoms with van der Waals surface area (Å²) < 4.78 is 23.1. The predicted molar refractivity (Wildman–Crippen MR) is 302 cm³/mol. The smallest absolute Gasteiger partial charge is 0.187 e. The zero-order valence-corrected chi connectivity index (χ0v) is 47.8. The van der Waals surface area contributed by atoms with Gasteiger partial charge in [-0.15, -0.1) is 0 Å². The molecule has 0 aromatic heterocycles. The first-order valence-corrected chi connectivity index (χ1v) is 26.5. The Morgan fingerprint density at radius 3 is 0.934 bits per heavy atom. The Morgan fingerprint density at radius 1 is 0.408 bits per heavy atom. The minimum Gasteiger partial charge on any atom is -0.394 e. The highest BCUT2D eigenvalue weighted by atomic mass is 16.7. The van der Waals surface area contributed by atoms with Gasteiger partial charge in [-0.3, -0.25) is 0 Å². The number of ether oxygens (including phenoxy) is 4. The molecule has 12 atom stereocenters. The molecule has 76 heavy (non-hydrogen) atoms. The van der Waals surface area contributed by atoms with E-state index in [1.165, 1.54) is 0 Å². The second kappa shape index (κ2) is 32.2.